The van der Waals surface area contributed by atoms with Crippen LogP contribution in [0.15, 0.2) is 11.8 Å². The van der Waals surface area contributed by atoms with Crippen LogP contribution in [0.5, 0.6) is 0 Å². The van der Waals surface area contributed by atoms with Crippen molar-refractivity contribution in [1.29, 1.82) is 0 Å². The van der Waals surface area contributed by atoms with Gasteiger partial charge in [0.25, 0.3) is 0 Å². The fourth-order valence-electron chi connectivity index (χ4n) is 1.67. The Kier molecular flexibility index (Phi) is 2.00. The monoisotopic (exact) mass is 153 g/mol. The molecule has 0 aromatic rings. The maximum absolute atomic E-state index is 3.36. The van der Waals surface area contributed by atoms with E-state index in [0.717, 1.165) is 0 Å². The van der Waals surface area contributed by atoms with Gasteiger partial charge in [0.05, 0.1) is 0 Å². The molecular formula is C10H19N. The zero-order valence-corrected chi connectivity index (χ0v) is 8.23. The summed E-state index contributed by atoms with van der Waals surface area (Å²) in [6.45, 7) is 11.3. The van der Waals surface area contributed by atoms with E-state index in [1.807, 2.05) is 0 Å². The number of hydrogen-bond donors (Lipinski definition) is 1. The lowest BCUT2D eigenvalue weighted by Crippen LogP contribution is -2.23. The van der Waals surface area contributed by atoms with Gasteiger partial charge in [0.15, 0.2) is 0 Å². The van der Waals surface area contributed by atoms with E-state index in [0.29, 0.717) is 17.4 Å². The summed E-state index contributed by atoms with van der Waals surface area (Å²) in [4.78, 5) is 0. The summed E-state index contributed by atoms with van der Waals surface area (Å²) in [6.07, 6.45) is 2.19. The summed E-state index contributed by atoms with van der Waals surface area (Å²) < 4.78 is 0. The maximum Gasteiger partial charge on any atom is 0.0291 e. The van der Waals surface area contributed by atoms with Crippen molar-refractivity contribution in [2.75, 3.05) is 0 Å². The third-order valence-corrected chi connectivity index (χ3v) is 2.61. The summed E-state index contributed by atoms with van der Waals surface area (Å²) >= 11 is 0. The molecule has 0 aromatic carbocycles. The van der Waals surface area contributed by atoms with Crippen LogP contribution in [0.1, 0.15) is 34.6 Å². The predicted octanol–water partition coefficient (Wildman–Crippen LogP) is 2.54. The van der Waals surface area contributed by atoms with E-state index in [1.54, 1.807) is 5.57 Å². The maximum atomic E-state index is 3.36. The van der Waals surface area contributed by atoms with Gasteiger partial charge in [-0.2, -0.15) is 0 Å². The van der Waals surface area contributed by atoms with Crippen molar-refractivity contribution in [1.82, 2.24) is 5.32 Å². The van der Waals surface area contributed by atoms with E-state index in [2.05, 4.69) is 46.1 Å². The highest BCUT2D eigenvalue weighted by Crippen LogP contribution is 2.35. The zero-order chi connectivity index (χ0) is 8.65. The molecule has 0 aliphatic carbocycles. The Labute approximate surface area is 69.9 Å². The van der Waals surface area contributed by atoms with Crippen LogP contribution in [0.25, 0.3) is 0 Å². The molecule has 2 atom stereocenters. The van der Waals surface area contributed by atoms with Gasteiger partial charge in [-0.3, -0.25) is 0 Å². The van der Waals surface area contributed by atoms with Crippen molar-refractivity contribution < 1.29 is 0 Å². The molecule has 64 valence electrons. The standard InChI is InChI=1S/C10H19N/c1-7-8(2)11-6-9(7)10(3,4)5/h6-8,11H,1-5H3. The van der Waals surface area contributed by atoms with Gasteiger partial charge in [0.2, 0.25) is 0 Å². The van der Waals surface area contributed by atoms with E-state index in [9.17, 15) is 0 Å². The van der Waals surface area contributed by atoms with Crippen LogP contribution in [0.4, 0.5) is 0 Å². The van der Waals surface area contributed by atoms with Crippen LogP contribution in [0.2, 0.25) is 0 Å². The van der Waals surface area contributed by atoms with Crippen LogP contribution in [0, 0.1) is 11.3 Å². The van der Waals surface area contributed by atoms with E-state index in [1.165, 1.54) is 0 Å². The zero-order valence-electron chi connectivity index (χ0n) is 8.23. The second-order valence-corrected chi connectivity index (χ2v) is 4.59. The van der Waals surface area contributed by atoms with Gasteiger partial charge in [0.1, 0.15) is 0 Å². The largest absolute Gasteiger partial charge is 0.388 e. The number of nitrogens with one attached hydrogen (secondary N) is 1. The fraction of sp³-hybridized carbons (Fsp3) is 0.800. The van der Waals surface area contributed by atoms with Crippen LogP contribution in [-0.2, 0) is 0 Å². The smallest absolute Gasteiger partial charge is 0.0291 e. The normalized spacial score (nSPS) is 31.5. The predicted molar refractivity (Wildman–Crippen MR) is 49.3 cm³/mol. The molecule has 2 unspecified atom stereocenters. The van der Waals surface area contributed by atoms with Crippen molar-refractivity contribution in [3.05, 3.63) is 11.8 Å². The molecule has 1 aliphatic heterocycles. The van der Waals surface area contributed by atoms with E-state index in [4.69, 9.17) is 0 Å². The molecule has 0 saturated heterocycles. The molecular weight excluding hydrogens is 134 g/mol. The Hall–Kier alpha value is -0.460. The minimum Gasteiger partial charge on any atom is -0.388 e. The molecule has 11 heavy (non-hydrogen) atoms. The lowest BCUT2D eigenvalue weighted by molar-refractivity contribution is 0.420. The molecule has 0 amide bonds. The first kappa shape index (κ1) is 8.63. The first-order valence-corrected chi connectivity index (χ1v) is 4.39. The highest BCUT2D eigenvalue weighted by atomic mass is 14.9. The molecule has 1 N–H and O–H groups in total. The third kappa shape index (κ3) is 1.58. The fourth-order valence-corrected chi connectivity index (χ4v) is 1.67. The molecule has 1 heteroatoms. The molecule has 0 aromatic heterocycles. The van der Waals surface area contributed by atoms with Gasteiger partial charge in [-0.05, 0) is 30.0 Å². The minimum atomic E-state index is 0.331. The topological polar surface area (TPSA) is 12.0 Å². The van der Waals surface area contributed by atoms with Gasteiger partial charge in [0, 0.05) is 6.04 Å². The SMILES string of the molecule is CC1NC=C(C(C)(C)C)C1C. The molecule has 0 spiro atoms. The van der Waals surface area contributed by atoms with Crippen molar-refractivity contribution in [3.63, 3.8) is 0 Å². The quantitative estimate of drug-likeness (QED) is 0.564. The Balaban J connectivity index is 2.76. The van der Waals surface area contributed by atoms with Gasteiger partial charge in [-0.1, -0.05) is 27.7 Å². The lowest BCUT2D eigenvalue weighted by Gasteiger charge is -2.25. The van der Waals surface area contributed by atoms with Gasteiger partial charge in [-0.15, -0.1) is 0 Å². The van der Waals surface area contributed by atoms with Crippen molar-refractivity contribution in [2.45, 2.75) is 40.7 Å². The molecule has 0 radical (unpaired) electrons. The summed E-state index contributed by atoms with van der Waals surface area (Å²) in [5.41, 5.74) is 1.88. The second-order valence-electron chi connectivity index (χ2n) is 4.59. The number of rotatable bonds is 0. The summed E-state index contributed by atoms with van der Waals surface area (Å²) in [5, 5.41) is 3.36. The first-order chi connectivity index (χ1) is 4.93. The van der Waals surface area contributed by atoms with Crippen LogP contribution in [-0.4, -0.2) is 6.04 Å². The molecule has 1 heterocycles. The average molecular weight is 153 g/mol. The highest BCUT2D eigenvalue weighted by Gasteiger charge is 2.29. The van der Waals surface area contributed by atoms with Crippen LogP contribution < -0.4 is 5.32 Å². The summed E-state index contributed by atoms with van der Waals surface area (Å²) in [6, 6.07) is 0.615. The van der Waals surface area contributed by atoms with Crippen LogP contribution in [0.3, 0.4) is 0 Å². The van der Waals surface area contributed by atoms with Gasteiger partial charge >= 0.3 is 0 Å². The van der Waals surface area contributed by atoms with E-state index >= 15 is 0 Å². The number of hydrogen-bond acceptors (Lipinski definition) is 1. The Morgan fingerprint density at radius 1 is 1.27 bits per heavy atom. The average Bonchev–Trinajstić information content (AvgIpc) is 2.11. The minimum absolute atomic E-state index is 0.331. The molecule has 1 aliphatic rings. The van der Waals surface area contributed by atoms with Crippen molar-refractivity contribution in [3.8, 4) is 0 Å². The Bertz CT molecular complexity index is 174. The Morgan fingerprint density at radius 2 is 1.82 bits per heavy atom. The molecule has 0 saturated carbocycles. The molecule has 0 fully saturated rings. The van der Waals surface area contributed by atoms with Crippen molar-refractivity contribution in [2.24, 2.45) is 11.3 Å². The highest BCUT2D eigenvalue weighted by molar-refractivity contribution is 5.20. The first-order valence-electron chi connectivity index (χ1n) is 4.39. The van der Waals surface area contributed by atoms with Crippen LogP contribution >= 0.6 is 0 Å². The van der Waals surface area contributed by atoms with E-state index < -0.39 is 0 Å². The third-order valence-electron chi connectivity index (χ3n) is 2.61. The van der Waals surface area contributed by atoms with Crippen molar-refractivity contribution >= 4 is 0 Å². The molecule has 0 bridgehead atoms. The van der Waals surface area contributed by atoms with E-state index in [-0.39, 0.29) is 0 Å². The van der Waals surface area contributed by atoms with Gasteiger partial charge in [-0.25, -0.2) is 0 Å². The Morgan fingerprint density at radius 3 is 2.00 bits per heavy atom. The molecule has 1 rings (SSSR count). The lowest BCUT2D eigenvalue weighted by atomic mass is 9.79. The molecule has 1 nitrogen and oxygen atoms in total. The van der Waals surface area contributed by atoms with Gasteiger partial charge < -0.3 is 5.32 Å². The second kappa shape index (κ2) is 2.54. The summed E-state index contributed by atoms with van der Waals surface area (Å²) in [5.74, 6) is 0.690. The summed E-state index contributed by atoms with van der Waals surface area (Å²) in [7, 11) is 0.